The smallest absolute Gasteiger partial charge is 0.257 e. The van der Waals surface area contributed by atoms with Gasteiger partial charge in [-0.3, -0.25) is 9.59 Å². The van der Waals surface area contributed by atoms with Gasteiger partial charge in [-0.05, 0) is 61.4 Å². The van der Waals surface area contributed by atoms with Crippen molar-refractivity contribution in [3.63, 3.8) is 0 Å². The van der Waals surface area contributed by atoms with Gasteiger partial charge in [0.15, 0.2) is 0 Å². The molecule has 0 aliphatic heterocycles. The largest absolute Gasteiger partial charge is 0.497 e. The molecule has 0 aliphatic carbocycles. The molecule has 0 saturated carbocycles. The average molecular weight is 418 g/mol. The van der Waals surface area contributed by atoms with Crippen molar-refractivity contribution in [2.75, 3.05) is 17.7 Å². The number of benzene rings is 3. The van der Waals surface area contributed by atoms with E-state index in [-0.39, 0.29) is 18.4 Å². The molecular formula is C25H26N2O4. The van der Waals surface area contributed by atoms with E-state index in [9.17, 15) is 9.59 Å². The molecule has 0 bridgehead atoms. The summed E-state index contributed by atoms with van der Waals surface area (Å²) in [6, 6.07) is 21.9. The molecule has 1 unspecified atom stereocenters. The third-order valence-electron chi connectivity index (χ3n) is 4.71. The van der Waals surface area contributed by atoms with Gasteiger partial charge in [-0.25, -0.2) is 0 Å². The van der Waals surface area contributed by atoms with Crippen LogP contribution in [0.3, 0.4) is 0 Å². The van der Waals surface area contributed by atoms with Crippen LogP contribution >= 0.6 is 0 Å². The van der Waals surface area contributed by atoms with Gasteiger partial charge >= 0.3 is 0 Å². The molecule has 3 aromatic rings. The number of methoxy groups -OCH3 is 1. The Bertz CT molecular complexity index is 1060. The SMILES string of the molecule is COc1cccc(COC(C)C(=O)Nc2ccccc2C(=O)Nc2cccc(C)c2)c1. The predicted molar refractivity (Wildman–Crippen MR) is 121 cm³/mol. The van der Waals surface area contributed by atoms with Crippen LogP contribution in [-0.2, 0) is 16.1 Å². The first-order valence-corrected chi connectivity index (χ1v) is 9.98. The lowest BCUT2D eigenvalue weighted by molar-refractivity contribution is -0.127. The number of carbonyl (C=O) groups is 2. The summed E-state index contributed by atoms with van der Waals surface area (Å²) in [5.41, 5.74) is 3.44. The van der Waals surface area contributed by atoms with Crippen molar-refractivity contribution in [2.45, 2.75) is 26.6 Å². The van der Waals surface area contributed by atoms with Crippen molar-refractivity contribution >= 4 is 23.2 Å². The molecular weight excluding hydrogens is 392 g/mol. The Morgan fingerprint density at radius 2 is 1.71 bits per heavy atom. The van der Waals surface area contributed by atoms with E-state index in [2.05, 4.69) is 10.6 Å². The Hall–Kier alpha value is -3.64. The van der Waals surface area contributed by atoms with Crippen molar-refractivity contribution in [1.29, 1.82) is 0 Å². The number of hydrogen-bond acceptors (Lipinski definition) is 4. The average Bonchev–Trinajstić information content (AvgIpc) is 2.78. The fourth-order valence-corrected chi connectivity index (χ4v) is 3.00. The van der Waals surface area contributed by atoms with E-state index in [1.165, 1.54) is 0 Å². The molecule has 0 radical (unpaired) electrons. The van der Waals surface area contributed by atoms with Crippen LogP contribution in [0.25, 0.3) is 0 Å². The molecule has 160 valence electrons. The maximum absolute atomic E-state index is 12.8. The van der Waals surface area contributed by atoms with Crippen LogP contribution in [-0.4, -0.2) is 25.0 Å². The van der Waals surface area contributed by atoms with E-state index in [4.69, 9.17) is 9.47 Å². The molecule has 3 rings (SSSR count). The highest BCUT2D eigenvalue weighted by atomic mass is 16.5. The fraction of sp³-hybridized carbons (Fsp3) is 0.200. The van der Waals surface area contributed by atoms with E-state index in [0.717, 1.165) is 16.9 Å². The number of nitrogens with one attached hydrogen (secondary N) is 2. The molecule has 0 aromatic heterocycles. The number of carbonyl (C=O) groups excluding carboxylic acids is 2. The van der Waals surface area contributed by atoms with Gasteiger partial charge in [-0.1, -0.05) is 36.4 Å². The Morgan fingerprint density at radius 1 is 0.935 bits per heavy atom. The van der Waals surface area contributed by atoms with Crippen molar-refractivity contribution in [3.8, 4) is 5.75 Å². The lowest BCUT2D eigenvalue weighted by atomic mass is 10.1. The van der Waals surface area contributed by atoms with Gasteiger partial charge in [0.1, 0.15) is 11.9 Å². The van der Waals surface area contributed by atoms with Crippen molar-refractivity contribution < 1.29 is 19.1 Å². The summed E-state index contributed by atoms with van der Waals surface area (Å²) in [7, 11) is 1.60. The van der Waals surface area contributed by atoms with Crippen LogP contribution in [0.2, 0.25) is 0 Å². The van der Waals surface area contributed by atoms with E-state index in [0.29, 0.717) is 16.9 Å². The summed E-state index contributed by atoms with van der Waals surface area (Å²) in [6.45, 7) is 3.89. The highest BCUT2D eigenvalue weighted by Crippen LogP contribution is 2.19. The molecule has 1 atom stereocenters. The molecule has 2 amide bonds. The summed E-state index contributed by atoms with van der Waals surface area (Å²) in [5, 5.41) is 5.66. The summed E-state index contributed by atoms with van der Waals surface area (Å²) >= 11 is 0. The third kappa shape index (κ3) is 6.17. The van der Waals surface area contributed by atoms with Crippen LogP contribution in [0.15, 0.2) is 72.8 Å². The minimum Gasteiger partial charge on any atom is -0.497 e. The number of amides is 2. The molecule has 2 N–H and O–H groups in total. The molecule has 0 aliphatic rings. The normalized spacial score (nSPS) is 11.5. The number of aryl methyl sites for hydroxylation is 1. The quantitative estimate of drug-likeness (QED) is 0.551. The second kappa shape index (κ2) is 10.4. The summed E-state index contributed by atoms with van der Waals surface area (Å²) in [4.78, 5) is 25.4. The van der Waals surface area contributed by atoms with E-state index >= 15 is 0 Å². The van der Waals surface area contributed by atoms with Gasteiger partial charge in [0.2, 0.25) is 0 Å². The van der Waals surface area contributed by atoms with Gasteiger partial charge in [0.25, 0.3) is 11.8 Å². The number of ether oxygens (including phenoxy) is 2. The van der Waals surface area contributed by atoms with E-state index in [1.807, 2.05) is 55.5 Å². The summed E-state index contributed by atoms with van der Waals surface area (Å²) in [6.07, 6.45) is -0.709. The zero-order valence-electron chi connectivity index (χ0n) is 17.8. The second-order valence-corrected chi connectivity index (χ2v) is 7.16. The van der Waals surface area contributed by atoms with Gasteiger partial charge in [-0.15, -0.1) is 0 Å². The van der Waals surface area contributed by atoms with Gasteiger partial charge < -0.3 is 20.1 Å². The zero-order chi connectivity index (χ0) is 22.2. The molecule has 0 heterocycles. The molecule has 3 aromatic carbocycles. The Kier molecular flexibility index (Phi) is 7.40. The predicted octanol–water partition coefficient (Wildman–Crippen LogP) is 4.80. The third-order valence-corrected chi connectivity index (χ3v) is 4.71. The van der Waals surface area contributed by atoms with Crippen LogP contribution in [0.5, 0.6) is 5.75 Å². The van der Waals surface area contributed by atoms with E-state index < -0.39 is 6.10 Å². The standard InChI is InChI=1S/C25H26N2O4/c1-17-8-6-10-20(14-17)26-25(29)22-12-4-5-13-23(22)27-24(28)18(2)31-16-19-9-7-11-21(15-19)30-3/h4-15,18H,16H2,1-3H3,(H,26,29)(H,27,28). The topological polar surface area (TPSA) is 76.7 Å². The van der Waals surface area contributed by atoms with Crippen molar-refractivity contribution in [3.05, 3.63) is 89.5 Å². The number of para-hydroxylation sites is 1. The first kappa shape index (κ1) is 22.1. The van der Waals surface area contributed by atoms with Crippen molar-refractivity contribution in [1.82, 2.24) is 0 Å². The lowest BCUT2D eigenvalue weighted by Crippen LogP contribution is -2.28. The minimum absolute atomic E-state index is 0.265. The van der Waals surface area contributed by atoms with Crippen molar-refractivity contribution in [2.24, 2.45) is 0 Å². The Labute approximate surface area is 182 Å². The second-order valence-electron chi connectivity index (χ2n) is 7.16. The van der Waals surface area contributed by atoms with Crippen LogP contribution in [0, 0.1) is 6.92 Å². The zero-order valence-corrected chi connectivity index (χ0v) is 17.8. The minimum atomic E-state index is -0.709. The van der Waals surface area contributed by atoms with Crippen LogP contribution in [0.4, 0.5) is 11.4 Å². The fourth-order valence-electron chi connectivity index (χ4n) is 3.00. The molecule has 6 nitrogen and oxygen atoms in total. The number of anilines is 2. The number of hydrogen-bond donors (Lipinski definition) is 2. The van der Waals surface area contributed by atoms with Gasteiger partial charge in [0, 0.05) is 5.69 Å². The molecule has 6 heteroatoms. The summed E-state index contributed by atoms with van der Waals surface area (Å²) in [5.74, 6) is 0.0944. The monoisotopic (exact) mass is 418 g/mol. The van der Waals surface area contributed by atoms with E-state index in [1.54, 1.807) is 38.3 Å². The highest BCUT2D eigenvalue weighted by molar-refractivity contribution is 6.10. The molecule has 0 saturated heterocycles. The summed E-state index contributed by atoms with van der Waals surface area (Å²) < 4.78 is 10.9. The lowest BCUT2D eigenvalue weighted by Gasteiger charge is -2.16. The van der Waals surface area contributed by atoms with Crippen LogP contribution < -0.4 is 15.4 Å². The maximum atomic E-state index is 12.8. The highest BCUT2D eigenvalue weighted by Gasteiger charge is 2.18. The van der Waals surface area contributed by atoms with Gasteiger partial charge in [-0.2, -0.15) is 0 Å². The maximum Gasteiger partial charge on any atom is 0.257 e. The first-order chi connectivity index (χ1) is 15.0. The molecule has 0 fully saturated rings. The first-order valence-electron chi connectivity index (χ1n) is 9.98. The number of rotatable bonds is 8. The Balaban J connectivity index is 1.63. The van der Waals surface area contributed by atoms with Crippen LogP contribution in [0.1, 0.15) is 28.4 Å². The Morgan fingerprint density at radius 3 is 2.48 bits per heavy atom. The molecule has 31 heavy (non-hydrogen) atoms. The van der Waals surface area contributed by atoms with Gasteiger partial charge in [0.05, 0.1) is 25.0 Å². The molecule has 0 spiro atoms.